The van der Waals surface area contributed by atoms with Gasteiger partial charge in [-0.25, -0.2) is 4.98 Å². The molecule has 0 fully saturated rings. The molecule has 0 aromatic carbocycles. The van der Waals surface area contributed by atoms with Gasteiger partial charge in [-0.1, -0.05) is 0 Å². The number of aliphatic hydroxyl groups excluding tert-OH is 1. The summed E-state index contributed by atoms with van der Waals surface area (Å²) in [6.07, 6.45) is -4.19. The molecule has 90 valence electrons. The van der Waals surface area contributed by atoms with Gasteiger partial charge in [-0.15, -0.1) is 0 Å². The number of hydrogen-bond acceptors (Lipinski definition) is 4. The second-order valence-electron chi connectivity index (χ2n) is 3.07. The van der Waals surface area contributed by atoms with E-state index in [9.17, 15) is 13.2 Å². The minimum absolute atomic E-state index is 0.0333. The normalized spacial score (nSPS) is 11.5. The summed E-state index contributed by atoms with van der Waals surface area (Å²) in [5.74, 6) is -0.261. The van der Waals surface area contributed by atoms with Crippen LogP contribution in [0.15, 0.2) is 12.1 Å². The molecular weight excluding hydrogens is 225 g/mol. The first-order chi connectivity index (χ1) is 7.42. The Morgan fingerprint density at radius 1 is 1.38 bits per heavy atom. The molecule has 0 amide bonds. The van der Waals surface area contributed by atoms with Gasteiger partial charge in [0, 0.05) is 18.7 Å². The zero-order valence-electron chi connectivity index (χ0n) is 8.29. The zero-order valence-corrected chi connectivity index (χ0v) is 8.29. The van der Waals surface area contributed by atoms with Gasteiger partial charge in [0.2, 0.25) is 5.88 Å². The molecule has 0 radical (unpaired) electrons. The molecule has 7 heteroatoms. The van der Waals surface area contributed by atoms with E-state index in [1.54, 1.807) is 0 Å². The second-order valence-corrected chi connectivity index (χ2v) is 3.07. The van der Waals surface area contributed by atoms with Crippen molar-refractivity contribution in [3.63, 3.8) is 0 Å². The van der Waals surface area contributed by atoms with Crippen LogP contribution in [0.25, 0.3) is 0 Å². The number of rotatable bonds is 4. The number of nitrogen functional groups attached to an aromatic ring is 1. The van der Waals surface area contributed by atoms with Crippen LogP contribution in [0.1, 0.15) is 5.69 Å². The van der Waals surface area contributed by atoms with Crippen molar-refractivity contribution in [3.8, 4) is 5.88 Å². The molecule has 0 atom stereocenters. The summed E-state index contributed by atoms with van der Waals surface area (Å²) in [5, 5.41) is 8.65. The first-order valence-electron chi connectivity index (χ1n) is 4.48. The topological polar surface area (TPSA) is 68.4 Å². The molecule has 0 unspecified atom stereocenters. The number of halogens is 3. The van der Waals surface area contributed by atoms with Gasteiger partial charge in [0.05, 0.1) is 5.69 Å². The molecular formula is C9H11F3N2O2. The van der Waals surface area contributed by atoms with Gasteiger partial charge in [-0.3, -0.25) is 0 Å². The number of aliphatic hydroxyl groups is 1. The lowest BCUT2D eigenvalue weighted by Crippen LogP contribution is -2.20. The van der Waals surface area contributed by atoms with Crippen molar-refractivity contribution in [2.24, 2.45) is 0 Å². The molecule has 1 heterocycles. The van der Waals surface area contributed by atoms with Crippen LogP contribution in [0.4, 0.5) is 18.9 Å². The van der Waals surface area contributed by atoms with E-state index < -0.39 is 12.8 Å². The third-order valence-corrected chi connectivity index (χ3v) is 1.69. The predicted molar refractivity (Wildman–Crippen MR) is 51.0 cm³/mol. The molecule has 0 aliphatic rings. The number of pyridine rings is 1. The lowest BCUT2D eigenvalue weighted by Gasteiger charge is -2.11. The van der Waals surface area contributed by atoms with Crippen LogP contribution >= 0.6 is 0 Å². The fraction of sp³-hybridized carbons (Fsp3) is 0.444. The highest BCUT2D eigenvalue weighted by molar-refractivity contribution is 5.48. The SMILES string of the molecule is Nc1ccc(CCO)nc1OCC(F)(F)F. The number of ether oxygens (including phenoxy) is 1. The standard InChI is InChI=1S/C9H11F3N2O2/c10-9(11,12)5-16-8-7(13)2-1-6(14-8)3-4-15/h1-2,15H,3-5,13H2. The Bertz CT molecular complexity index is 355. The number of aromatic nitrogens is 1. The van der Waals surface area contributed by atoms with Crippen molar-refractivity contribution in [3.05, 3.63) is 17.8 Å². The number of hydrogen-bond donors (Lipinski definition) is 2. The molecule has 0 aliphatic heterocycles. The number of nitrogens with zero attached hydrogens (tertiary/aromatic N) is 1. The maximum atomic E-state index is 11.9. The van der Waals surface area contributed by atoms with Crippen LogP contribution in [0, 0.1) is 0 Å². The van der Waals surface area contributed by atoms with Crippen LogP contribution in [-0.2, 0) is 6.42 Å². The van der Waals surface area contributed by atoms with E-state index in [0.717, 1.165) is 0 Å². The van der Waals surface area contributed by atoms with E-state index in [2.05, 4.69) is 9.72 Å². The first-order valence-corrected chi connectivity index (χ1v) is 4.48. The molecule has 3 N–H and O–H groups in total. The minimum atomic E-state index is -4.43. The smallest absolute Gasteiger partial charge is 0.422 e. The average molecular weight is 236 g/mol. The van der Waals surface area contributed by atoms with Crippen LogP contribution in [0.3, 0.4) is 0 Å². The molecule has 1 aromatic heterocycles. The molecule has 1 rings (SSSR count). The average Bonchev–Trinajstić information content (AvgIpc) is 2.18. The maximum Gasteiger partial charge on any atom is 0.422 e. The molecule has 16 heavy (non-hydrogen) atoms. The van der Waals surface area contributed by atoms with Crippen molar-refractivity contribution < 1.29 is 23.0 Å². The Kier molecular flexibility index (Phi) is 3.94. The molecule has 4 nitrogen and oxygen atoms in total. The van der Waals surface area contributed by atoms with Gasteiger partial charge < -0.3 is 15.6 Å². The molecule has 0 saturated carbocycles. The summed E-state index contributed by atoms with van der Waals surface area (Å²) >= 11 is 0. The van der Waals surface area contributed by atoms with Crippen LogP contribution in [0.5, 0.6) is 5.88 Å². The summed E-state index contributed by atoms with van der Waals surface area (Å²) in [7, 11) is 0. The van der Waals surface area contributed by atoms with Crippen LogP contribution in [-0.4, -0.2) is 29.5 Å². The molecule has 0 saturated heterocycles. The molecule has 0 spiro atoms. The largest absolute Gasteiger partial charge is 0.467 e. The summed E-state index contributed by atoms with van der Waals surface area (Å²) in [6, 6.07) is 2.91. The van der Waals surface area contributed by atoms with Crippen LogP contribution in [0.2, 0.25) is 0 Å². The lowest BCUT2D eigenvalue weighted by atomic mass is 10.2. The number of alkyl halides is 3. The van der Waals surface area contributed by atoms with Gasteiger partial charge in [0.25, 0.3) is 0 Å². The van der Waals surface area contributed by atoms with Gasteiger partial charge in [-0.05, 0) is 12.1 Å². The van der Waals surface area contributed by atoms with E-state index >= 15 is 0 Å². The van der Waals surface area contributed by atoms with Gasteiger partial charge in [-0.2, -0.15) is 13.2 Å². The summed E-state index contributed by atoms with van der Waals surface area (Å²) in [4.78, 5) is 3.76. The van der Waals surface area contributed by atoms with E-state index in [1.165, 1.54) is 12.1 Å². The zero-order chi connectivity index (χ0) is 12.2. The summed E-state index contributed by atoms with van der Waals surface area (Å²) in [6.45, 7) is -1.58. The molecule has 0 bridgehead atoms. The molecule has 0 aliphatic carbocycles. The fourth-order valence-corrected chi connectivity index (χ4v) is 1.01. The maximum absolute atomic E-state index is 11.9. The van der Waals surface area contributed by atoms with Gasteiger partial charge >= 0.3 is 6.18 Å². The van der Waals surface area contributed by atoms with Crippen molar-refractivity contribution in [2.45, 2.75) is 12.6 Å². The first kappa shape index (κ1) is 12.6. The van der Waals surface area contributed by atoms with E-state index in [4.69, 9.17) is 10.8 Å². The number of anilines is 1. The highest BCUT2D eigenvalue weighted by Crippen LogP contribution is 2.22. The Morgan fingerprint density at radius 3 is 2.62 bits per heavy atom. The summed E-state index contributed by atoms with van der Waals surface area (Å²) < 4.78 is 40.1. The minimum Gasteiger partial charge on any atom is -0.467 e. The highest BCUT2D eigenvalue weighted by Gasteiger charge is 2.29. The van der Waals surface area contributed by atoms with Crippen molar-refractivity contribution in [2.75, 3.05) is 18.9 Å². The predicted octanol–water partition coefficient (Wildman–Crippen LogP) is 1.14. The van der Waals surface area contributed by atoms with Crippen LogP contribution < -0.4 is 10.5 Å². The Hall–Kier alpha value is -1.50. The summed E-state index contributed by atoms with van der Waals surface area (Å²) in [5.41, 5.74) is 5.86. The van der Waals surface area contributed by atoms with Gasteiger partial charge in [0.15, 0.2) is 6.61 Å². The Labute approximate surface area is 89.9 Å². The Morgan fingerprint density at radius 2 is 2.06 bits per heavy atom. The van der Waals surface area contributed by atoms with Crippen molar-refractivity contribution in [1.82, 2.24) is 4.98 Å². The monoisotopic (exact) mass is 236 g/mol. The Balaban J connectivity index is 2.74. The molecule has 1 aromatic rings. The third-order valence-electron chi connectivity index (χ3n) is 1.69. The quantitative estimate of drug-likeness (QED) is 0.822. The van der Waals surface area contributed by atoms with Crippen molar-refractivity contribution in [1.29, 1.82) is 0 Å². The highest BCUT2D eigenvalue weighted by atomic mass is 19.4. The van der Waals surface area contributed by atoms with Crippen molar-refractivity contribution >= 4 is 5.69 Å². The van der Waals surface area contributed by atoms with E-state index in [0.29, 0.717) is 5.69 Å². The van der Waals surface area contributed by atoms with E-state index in [-0.39, 0.29) is 24.6 Å². The third kappa shape index (κ3) is 3.93. The second kappa shape index (κ2) is 5.02. The lowest BCUT2D eigenvalue weighted by molar-refractivity contribution is -0.154. The van der Waals surface area contributed by atoms with Gasteiger partial charge in [0.1, 0.15) is 0 Å². The van der Waals surface area contributed by atoms with E-state index in [1.807, 2.05) is 0 Å². The number of nitrogens with two attached hydrogens (primary N) is 1. The fourth-order valence-electron chi connectivity index (χ4n) is 1.01.